The maximum absolute atomic E-state index is 12.7. The lowest BCUT2D eigenvalue weighted by Crippen LogP contribution is -2.49. The SMILES string of the molecule is Cc1coc2c(C)c3oc(=O)c(CCC(=O)N[C@@H](CSCc4ccccc4)C(=O)[O-])c(C)c3cc12. The molecule has 0 spiro atoms. The van der Waals surface area contributed by atoms with Gasteiger partial charge in [0.05, 0.1) is 18.3 Å². The van der Waals surface area contributed by atoms with Gasteiger partial charge in [-0.1, -0.05) is 30.3 Å². The van der Waals surface area contributed by atoms with Gasteiger partial charge in [-0.2, -0.15) is 11.8 Å². The Morgan fingerprint density at radius 3 is 2.51 bits per heavy atom. The maximum atomic E-state index is 12.7. The Kier molecular flexibility index (Phi) is 7.31. The first-order valence-corrected chi connectivity index (χ1v) is 12.5. The molecular formula is C27H26NO6S-. The van der Waals surface area contributed by atoms with Crippen LogP contribution in [0.4, 0.5) is 0 Å². The first-order valence-electron chi connectivity index (χ1n) is 11.3. The Bertz CT molecular complexity index is 1450. The maximum Gasteiger partial charge on any atom is 0.339 e. The molecule has 0 fully saturated rings. The summed E-state index contributed by atoms with van der Waals surface area (Å²) in [4.78, 5) is 36.8. The van der Waals surface area contributed by atoms with Gasteiger partial charge in [0.15, 0.2) is 0 Å². The van der Waals surface area contributed by atoms with Crippen molar-refractivity contribution in [3.8, 4) is 0 Å². The molecule has 2 aromatic carbocycles. The molecule has 0 radical (unpaired) electrons. The summed E-state index contributed by atoms with van der Waals surface area (Å²) in [5.74, 6) is -0.994. The highest BCUT2D eigenvalue weighted by molar-refractivity contribution is 7.98. The minimum atomic E-state index is -1.34. The average Bonchev–Trinajstić information content (AvgIpc) is 3.20. The Labute approximate surface area is 206 Å². The van der Waals surface area contributed by atoms with Crippen LogP contribution in [0, 0.1) is 20.8 Å². The fraction of sp³-hybridized carbons (Fsp3) is 0.296. The molecule has 1 atom stereocenters. The molecule has 8 heteroatoms. The number of fused-ring (bicyclic) bond motifs is 2. The van der Waals surface area contributed by atoms with Crippen molar-refractivity contribution < 1.29 is 23.5 Å². The normalized spacial score (nSPS) is 12.2. The molecule has 7 nitrogen and oxygen atoms in total. The second-order valence-corrected chi connectivity index (χ2v) is 9.64. The number of aryl methyl sites for hydroxylation is 3. The zero-order valence-electron chi connectivity index (χ0n) is 19.8. The number of thioether (sulfide) groups is 1. The van der Waals surface area contributed by atoms with Crippen LogP contribution in [-0.2, 0) is 21.8 Å². The van der Waals surface area contributed by atoms with E-state index in [4.69, 9.17) is 8.83 Å². The number of carbonyl (C=O) groups is 2. The Hall–Kier alpha value is -3.52. The first kappa shape index (κ1) is 24.6. The number of furan rings is 1. The summed E-state index contributed by atoms with van der Waals surface area (Å²) in [6.45, 7) is 5.62. The van der Waals surface area contributed by atoms with Crippen LogP contribution in [0.15, 0.2) is 56.3 Å². The molecule has 2 aromatic heterocycles. The summed E-state index contributed by atoms with van der Waals surface area (Å²) in [6.07, 6.45) is 1.76. The van der Waals surface area contributed by atoms with Crippen molar-refractivity contribution >= 4 is 45.6 Å². The monoisotopic (exact) mass is 492 g/mol. The number of benzene rings is 2. The third kappa shape index (κ3) is 5.27. The summed E-state index contributed by atoms with van der Waals surface area (Å²) in [5.41, 5.74) is 4.58. The molecule has 4 rings (SSSR count). The third-order valence-electron chi connectivity index (χ3n) is 6.15. The number of aliphatic carboxylic acids is 1. The van der Waals surface area contributed by atoms with Gasteiger partial charge in [0, 0.05) is 39.8 Å². The van der Waals surface area contributed by atoms with Gasteiger partial charge >= 0.3 is 5.63 Å². The van der Waals surface area contributed by atoms with E-state index in [0.29, 0.717) is 22.5 Å². The Morgan fingerprint density at radius 2 is 1.80 bits per heavy atom. The Balaban J connectivity index is 1.45. The van der Waals surface area contributed by atoms with Gasteiger partial charge in [-0.05, 0) is 49.9 Å². The predicted octanol–water partition coefficient (Wildman–Crippen LogP) is 3.57. The van der Waals surface area contributed by atoms with Gasteiger partial charge in [-0.15, -0.1) is 0 Å². The number of carboxylic acid groups (broad SMARTS) is 1. The van der Waals surface area contributed by atoms with Gasteiger partial charge in [-0.3, -0.25) is 4.79 Å². The van der Waals surface area contributed by atoms with Crippen LogP contribution in [0.25, 0.3) is 21.9 Å². The van der Waals surface area contributed by atoms with E-state index in [2.05, 4.69) is 5.32 Å². The molecule has 0 aliphatic heterocycles. The fourth-order valence-corrected chi connectivity index (χ4v) is 5.15. The van der Waals surface area contributed by atoms with Gasteiger partial charge < -0.3 is 24.1 Å². The second kappa shape index (κ2) is 10.4. The van der Waals surface area contributed by atoms with Gasteiger partial charge in [0.1, 0.15) is 11.2 Å². The minimum Gasteiger partial charge on any atom is -0.548 e. The van der Waals surface area contributed by atoms with E-state index < -0.39 is 23.5 Å². The van der Waals surface area contributed by atoms with Crippen LogP contribution >= 0.6 is 11.8 Å². The molecule has 2 heterocycles. The van der Waals surface area contributed by atoms with E-state index in [1.54, 1.807) is 6.26 Å². The van der Waals surface area contributed by atoms with E-state index >= 15 is 0 Å². The first-order chi connectivity index (χ1) is 16.8. The van der Waals surface area contributed by atoms with Gasteiger partial charge in [0.2, 0.25) is 5.91 Å². The van der Waals surface area contributed by atoms with Crippen LogP contribution < -0.4 is 16.0 Å². The number of hydrogen-bond acceptors (Lipinski definition) is 7. The molecule has 0 aliphatic carbocycles. The lowest BCUT2D eigenvalue weighted by atomic mass is 9.98. The molecule has 0 aliphatic rings. The lowest BCUT2D eigenvalue weighted by molar-refractivity contribution is -0.307. The third-order valence-corrected chi connectivity index (χ3v) is 7.26. The van der Waals surface area contributed by atoms with E-state index in [-0.39, 0.29) is 18.6 Å². The zero-order chi connectivity index (χ0) is 25.1. The number of carbonyl (C=O) groups excluding carboxylic acids is 2. The second-order valence-electron chi connectivity index (χ2n) is 8.61. The largest absolute Gasteiger partial charge is 0.548 e. The molecule has 35 heavy (non-hydrogen) atoms. The van der Waals surface area contributed by atoms with Crippen LogP contribution in [-0.4, -0.2) is 23.7 Å². The summed E-state index contributed by atoms with van der Waals surface area (Å²) in [7, 11) is 0. The molecule has 182 valence electrons. The quantitative estimate of drug-likeness (QED) is 0.356. The van der Waals surface area contributed by atoms with E-state index in [1.165, 1.54) is 11.8 Å². The molecule has 0 unspecified atom stereocenters. The highest BCUT2D eigenvalue weighted by Crippen LogP contribution is 2.32. The number of amides is 1. The minimum absolute atomic E-state index is 0.0454. The lowest BCUT2D eigenvalue weighted by Gasteiger charge is -2.19. The van der Waals surface area contributed by atoms with E-state index in [9.17, 15) is 19.5 Å². The van der Waals surface area contributed by atoms with Crippen LogP contribution in [0.5, 0.6) is 0 Å². The molecule has 4 aromatic rings. The molecule has 0 saturated carbocycles. The predicted molar refractivity (Wildman–Crippen MR) is 134 cm³/mol. The van der Waals surface area contributed by atoms with Crippen molar-refractivity contribution in [3.63, 3.8) is 0 Å². The number of nitrogens with one attached hydrogen (secondary N) is 1. The Morgan fingerprint density at radius 1 is 1.06 bits per heavy atom. The summed E-state index contributed by atoms with van der Waals surface area (Å²) >= 11 is 1.40. The molecular weight excluding hydrogens is 466 g/mol. The number of hydrogen-bond donors (Lipinski definition) is 1. The fourth-order valence-electron chi connectivity index (χ4n) is 4.15. The standard InChI is InChI=1S/C27H27NO6S/c1-15-12-33-24-17(3)25-21(11-20(15)24)16(2)19(27(32)34-25)9-10-23(29)28-22(26(30)31)14-35-13-18-7-5-4-6-8-18/h4-8,11-12,22H,9-10,13-14H2,1-3H3,(H,28,29)(H,30,31)/p-1/t22-/m0/s1. The molecule has 0 saturated heterocycles. The average molecular weight is 493 g/mol. The topological polar surface area (TPSA) is 113 Å². The molecule has 1 N–H and O–H groups in total. The smallest absolute Gasteiger partial charge is 0.339 e. The van der Waals surface area contributed by atoms with Crippen molar-refractivity contribution in [2.24, 2.45) is 0 Å². The summed E-state index contributed by atoms with van der Waals surface area (Å²) in [5, 5.41) is 15.8. The van der Waals surface area contributed by atoms with Crippen molar-refractivity contribution in [3.05, 3.63) is 80.9 Å². The van der Waals surface area contributed by atoms with Gasteiger partial charge in [-0.25, -0.2) is 4.79 Å². The van der Waals surface area contributed by atoms with Gasteiger partial charge in [0.25, 0.3) is 0 Å². The van der Waals surface area contributed by atoms with Crippen LogP contribution in [0.3, 0.4) is 0 Å². The number of rotatable bonds is 9. The van der Waals surface area contributed by atoms with Crippen LogP contribution in [0.1, 0.15) is 34.2 Å². The van der Waals surface area contributed by atoms with Crippen LogP contribution in [0.2, 0.25) is 0 Å². The van der Waals surface area contributed by atoms with Crippen molar-refractivity contribution in [2.45, 2.75) is 45.4 Å². The summed E-state index contributed by atoms with van der Waals surface area (Å²) in [6, 6.07) is 10.5. The summed E-state index contributed by atoms with van der Waals surface area (Å²) < 4.78 is 11.2. The highest BCUT2D eigenvalue weighted by atomic mass is 32.2. The van der Waals surface area contributed by atoms with E-state index in [1.807, 2.05) is 57.2 Å². The van der Waals surface area contributed by atoms with Crippen molar-refractivity contribution in [1.82, 2.24) is 5.32 Å². The molecule has 1 amide bonds. The number of carboxylic acids is 1. The highest BCUT2D eigenvalue weighted by Gasteiger charge is 2.19. The van der Waals surface area contributed by atoms with E-state index in [0.717, 1.165) is 33.0 Å². The molecule has 0 bridgehead atoms. The van der Waals surface area contributed by atoms with Crippen molar-refractivity contribution in [2.75, 3.05) is 5.75 Å². The zero-order valence-corrected chi connectivity index (χ0v) is 20.6. The van der Waals surface area contributed by atoms with Crippen molar-refractivity contribution in [1.29, 1.82) is 0 Å².